The first kappa shape index (κ1) is 14.3. The molecule has 1 aromatic rings. The number of hydrogen-bond donors (Lipinski definition) is 3. The zero-order valence-corrected chi connectivity index (χ0v) is 9.72. The third-order valence-electron chi connectivity index (χ3n) is 1.66. The first-order chi connectivity index (χ1) is 6.56. The number of amidine groups is 1. The van der Waals surface area contributed by atoms with E-state index in [1.165, 1.54) is 18.2 Å². The quantitative estimate of drug-likeness (QED) is 0.334. The van der Waals surface area contributed by atoms with Crippen molar-refractivity contribution in [2.45, 2.75) is 6.10 Å². The molecule has 1 atom stereocenters. The van der Waals surface area contributed by atoms with E-state index >= 15 is 0 Å². The van der Waals surface area contributed by atoms with E-state index < -0.39 is 6.10 Å². The fourth-order valence-corrected chi connectivity index (χ4v) is 1.21. The lowest BCUT2D eigenvalue weighted by molar-refractivity contribution is 0.233. The van der Waals surface area contributed by atoms with Gasteiger partial charge >= 0.3 is 0 Å². The van der Waals surface area contributed by atoms with Crippen LogP contribution in [0, 0.1) is 0 Å². The Morgan fingerprint density at radius 1 is 1.33 bits per heavy atom. The number of rotatable bonds is 2. The summed E-state index contributed by atoms with van der Waals surface area (Å²) >= 11 is 11.4. The Morgan fingerprint density at radius 2 is 1.93 bits per heavy atom. The van der Waals surface area contributed by atoms with Crippen molar-refractivity contribution in [3.63, 3.8) is 0 Å². The summed E-state index contributed by atoms with van der Waals surface area (Å²) in [6.07, 6.45) is -1.19. The van der Waals surface area contributed by atoms with Crippen molar-refractivity contribution in [3.05, 3.63) is 33.8 Å². The lowest BCUT2D eigenvalue weighted by Crippen LogP contribution is -2.21. The number of oxime groups is 1. The Kier molecular flexibility index (Phi) is 5.75. The van der Waals surface area contributed by atoms with Crippen LogP contribution in [0.4, 0.5) is 0 Å². The lowest BCUT2D eigenvalue weighted by Gasteiger charge is -2.09. The van der Waals surface area contributed by atoms with Crippen molar-refractivity contribution >= 4 is 41.4 Å². The molecule has 1 rings (SSSR count). The SMILES string of the molecule is Cl.N/C(=N/O)C(O)c1ccc(Cl)c(Cl)c1. The third-order valence-corrected chi connectivity index (χ3v) is 2.39. The molecule has 7 heteroatoms. The van der Waals surface area contributed by atoms with Crippen LogP contribution in [0.3, 0.4) is 0 Å². The molecule has 0 aliphatic rings. The molecule has 15 heavy (non-hydrogen) atoms. The Bertz CT molecular complexity index is 371. The zero-order chi connectivity index (χ0) is 10.7. The Balaban J connectivity index is 0.00000196. The van der Waals surface area contributed by atoms with Crippen molar-refractivity contribution in [2.75, 3.05) is 0 Å². The minimum atomic E-state index is -1.19. The van der Waals surface area contributed by atoms with Gasteiger partial charge in [0.15, 0.2) is 5.84 Å². The topological polar surface area (TPSA) is 78.8 Å². The Labute approximate surface area is 103 Å². The average Bonchev–Trinajstić information content (AvgIpc) is 2.20. The second kappa shape index (κ2) is 6.02. The van der Waals surface area contributed by atoms with E-state index in [2.05, 4.69) is 5.16 Å². The minimum absolute atomic E-state index is 0. The molecule has 0 heterocycles. The number of aliphatic hydroxyl groups excluding tert-OH is 1. The summed E-state index contributed by atoms with van der Waals surface area (Å²) in [7, 11) is 0. The molecule has 0 radical (unpaired) electrons. The standard InChI is InChI=1S/C8H8Cl2N2O2.ClH/c9-5-2-1-4(3-6(5)10)7(13)8(11)12-14;/h1-3,7,13-14H,(H2,11,12);1H. The molecule has 0 aliphatic heterocycles. The summed E-state index contributed by atoms with van der Waals surface area (Å²) in [4.78, 5) is 0. The summed E-state index contributed by atoms with van der Waals surface area (Å²) in [5.74, 6) is -0.302. The normalized spacial score (nSPS) is 13.1. The predicted octanol–water partition coefficient (Wildman–Crippen LogP) is 2.19. The van der Waals surface area contributed by atoms with Gasteiger partial charge in [0.05, 0.1) is 10.0 Å². The first-order valence-electron chi connectivity index (χ1n) is 3.66. The first-order valence-corrected chi connectivity index (χ1v) is 4.42. The average molecular weight is 272 g/mol. The summed E-state index contributed by atoms with van der Waals surface area (Å²) in [5.41, 5.74) is 5.62. The van der Waals surface area contributed by atoms with Gasteiger partial charge in [0.1, 0.15) is 6.10 Å². The number of benzene rings is 1. The molecule has 0 spiro atoms. The molecule has 0 saturated heterocycles. The monoisotopic (exact) mass is 270 g/mol. The van der Waals surface area contributed by atoms with Crippen molar-refractivity contribution < 1.29 is 10.3 Å². The fourth-order valence-electron chi connectivity index (χ4n) is 0.908. The van der Waals surface area contributed by atoms with Gasteiger partial charge in [-0.15, -0.1) is 12.4 Å². The molecule has 1 aromatic carbocycles. The molecule has 84 valence electrons. The second-order valence-corrected chi connectivity index (χ2v) is 3.42. The van der Waals surface area contributed by atoms with E-state index in [1.54, 1.807) is 0 Å². The minimum Gasteiger partial charge on any atom is -0.409 e. The Hall–Kier alpha value is -0.680. The van der Waals surface area contributed by atoms with Gasteiger partial charge in [0, 0.05) is 0 Å². The van der Waals surface area contributed by atoms with Crippen molar-refractivity contribution in [3.8, 4) is 0 Å². The summed E-state index contributed by atoms with van der Waals surface area (Å²) in [6, 6.07) is 4.51. The molecule has 0 fully saturated rings. The molecule has 4 nitrogen and oxygen atoms in total. The molecule has 0 bridgehead atoms. The second-order valence-electron chi connectivity index (χ2n) is 2.60. The molecule has 1 unspecified atom stereocenters. The van der Waals surface area contributed by atoms with Crippen molar-refractivity contribution in [1.82, 2.24) is 0 Å². The van der Waals surface area contributed by atoms with Gasteiger partial charge in [-0.2, -0.15) is 0 Å². The Morgan fingerprint density at radius 3 is 2.40 bits per heavy atom. The van der Waals surface area contributed by atoms with Crippen LogP contribution >= 0.6 is 35.6 Å². The van der Waals surface area contributed by atoms with Crippen LogP contribution < -0.4 is 5.73 Å². The fraction of sp³-hybridized carbons (Fsp3) is 0.125. The van der Waals surface area contributed by atoms with E-state index in [9.17, 15) is 5.11 Å². The molecule has 4 N–H and O–H groups in total. The van der Waals surface area contributed by atoms with Crippen LogP contribution in [0.5, 0.6) is 0 Å². The van der Waals surface area contributed by atoms with Crippen LogP contribution in [0.15, 0.2) is 23.4 Å². The van der Waals surface area contributed by atoms with Gasteiger partial charge in [-0.05, 0) is 17.7 Å². The van der Waals surface area contributed by atoms with Gasteiger partial charge in [-0.1, -0.05) is 34.4 Å². The van der Waals surface area contributed by atoms with Crippen molar-refractivity contribution in [2.24, 2.45) is 10.9 Å². The lowest BCUT2D eigenvalue weighted by atomic mass is 10.1. The van der Waals surface area contributed by atoms with Crippen LogP contribution in [-0.2, 0) is 0 Å². The van der Waals surface area contributed by atoms with E-state index in [4.69, 9.17) is 34.1 Å². The molecular weight excluding hydrogens is 262 g/mol. The van der Waals surface area contributed by atoms with Crippen LogP contribution in [0.2, 0.25) is 10.0 Å². The summed E-state index contributed by atoms with van der Waals surface area (Å²) in [5, 5.41) is 21.2. The number of hydrogen-bond acceptors (Lipinski definition) is 3. The smallest absolute Gasteiger partial charge is 0.172 e. The number of nitrogens with zero attached hydrogens (tertiary/aromatic N) is 1. The highest BCUT2D eigenvalue weighted by molar-refractivity contribution is 6.42. The predicted molar refractivity (Wildman–Crippen MR) is 62.1 cm³/mol. The maximum absolute atomic E-state index is 9.49. The van der Waals surface area contributed by atoms with E-state index in [0.717, 1.165) is 0 Å². The third kappa shape index (κ3) is 3.43. The van der Waals surface area contributed by atoms with E-state index in [0.29, 0.717) is 15.6 Å². The highest BCUT2D eigenvalue weighted by atomic mass is 35.5. The zero-order valence-electron chi connectivity index (χ0n) is 7.39. The van der Waals surface area contributed by atoms with Gasteiger partial charge < -0.3 is 16.0 Å². The maximum atomic E-state index is 9.49. The largest absolute Gasteiger partial charge is 0.409 e. The van der Waals surface area contributed by atoms with Gasteiger partial charge in [-0.3, -0.25) is 0 Å². The maximum Gasteiger partial charge on any atom is 0.172 e. The van der Waals surface area contributed by atoms with Crippen LogP contribution in [-0.4, -0.2) is 16.1 Å². The number of nitrogens with two attached hydrogens (primary N) is 1. The number of aliphatic hydroxyl groups is 1. The summed E-state index contributed by atoms with van der Waals surface area (Å²) < 4.78 is 0. The number of halogens is 3. The van der Waals surface area contributed by atoms with Gasteiger partial charge in [0.25, 0.3) is 0 Å². The van der Waals surface area contributed by atoms with Gasteiger partial charge in [0.2, 0.25) is 0 Å². The van der Waals surface area contributed by atoms with Crippen LogP contribution in [0.1, 0.15) is 11.7 Å². The van der Waals surface area contributed by atoms with Crippen LogP contribution in [0.25, 0.3) is 0 Å². The highest BCUT2D eigenvalue weighted by Crippen LogP contribution is 2.25. The molecular formula is C8H9Cl3N2O2. The van der Waals surface area contributed by atoms with Gasteiger partial charge in [-0.25, -0.2) is 0 Å². The molecule has 0 saturated carbocycles. The van der Waals surface area contributed by atoms with E-state index in [1.807, 2.05) is 0 Å². The molecule has 0 amide bonds. The van der Waals surface area contributed by atoms with Crippen molar-refractivity contribution in [1.29, 1.82) is 0 Å². The van der Waals surface area contributed by atoms with E-state index in [-0.39, 0.29) is 18.2 Å². The molecule has 0 aliphatic carbocycles. The highest BCUT2D eigenvalue weighted by Gasteiger charge is 2.13. The molecule has 0 aromatic heterocycles. The summed E-state index contributed by atoms with van der Waals surface area (Å²) in [6.45, 7) is 0.